The van der Waals surface area contributed by atoms with E-state index in [1.54, 1.807) is 19.4 Å². The van der Waals surface area contributed by atoms with Gasteiger partial charge in [0, 0.05) is 6.20 Å². The maximum absolute atomic E-state index is 8.63. The lowest BCUT2D eigenvalue weighted by Crippen LogP contribution is -2.15. The normalized spacial score (nSPS) is 11.4. The molecular formula is C15H17N3O3. The van der Waals surface area contributed by atoms with Crippen LogP contribution in [0.1, 0.15) is 16.8 Å². The second-order valence-corrected chi connectivity index (χ2v) is 4.38. The van der Waals surface area contributed by atoms with Gasteiger partial charge in [-0.2, -0.15) is 0 Å². The Hall–Kier alpha value is -2.60. The number of hydrogen-bond acceptors (Lipinski definition) is 5. The Labute approximate surface area is 122 Å². The van der Waals surface area contributed by atoms with Gasteiger partial charge in [0.1, 0.15) is 11.4 Å². The Kier molecular flexibility index (Phi) is 5.11. The van der Waals surface area contributed by atoms with Crippen LogP contribution in [0.5, 0.6) is 5.75 Å². The summed E-state index contributed by atoms with van der Waals surface area (Å²) in [4.78, 5) is 4.01. The molecule has 3 N–H and O–H groups in total. The maximum Gasteiger partial charge on any atom is 0.188 e. The molecule has 6 nitrogen and oxygen atoms in total. The van der Waals surface area contributed by atoms with E-state index < -0.39 is 0 Å². The van der Waals surface area contributed by atoms with Crippen LogP contribution in [0.25, 0.3) is 0 Å². The number of hydrogen-bond donors (Lipinski definition) is 2. The summed E-state index contributed by atoms with van der Waals surface area (Å²) >= 11 is 0. The van der Waals surface area contributed by atoms with Crippen LogP contribution in [0.2, 0.25) is 0 Å². The lowest BCUT2D eigenvalue weighted by Gasteiger charge is -2.06. The van der Waals surface area contributed by atoms with E-state index in [9.17, 15) is 0 Å². The maximum atomic E-state index is 8.63. The molecule has 0 unspecified atom stereocenters. The van der Waals surface area contributed by atoms with Gasteiger partial charge < -0.3 is 20.4 Å². The van der Waals surface area contributed by atoms with Crippen LogP contribution < -0.4 is 10.5 Å². The van der Waals surface area contributed by atoms with Gasteiger partial charge in [-0.25, -0.2) is 0 Å². The van der Waals surface area contributed by atoms with Crippen molar-refractivity contribution in [3.63, 3.8) is 0 Å². The van der Waals surface area contributed by atoms with Gasteiger partial charge in [0.2, 0.25) is 0 Å². The van der Waals surface area contributed by atoms with E-state index in [0.717, 1.165) is 16.9 Å². The van der Waals surface area contributed by atoms with E-state index in [4.69, 9.17) is 20.4 Å². The van der Waals surface area contributed by atoms with Gasteiger partial charge in [0.15, 0.2) is 5.84 Å². The molecule has 0 spiro atoms. The van der Waals surface area contributed by atoms with Crippen LogP contribution in [0, 0.1) is 0 Å². The molecule has 0 bridgehead atoms. The van der Waals surface area contributed by atoms with Crippen LogP contribution in [-0.4, -0.2) is 23.1 Å². The minimum absolute atomic E-state index is 0.0213. The van der Waals surface area contributed by atoms with Crippen molar-refractivity contribution < 1.29 is 14.7 Å². The lowest BCUT2D eigenvalue weighted by molar-refractivity contribution is 0.107. The Bertz CT molecular complexity index is 612. The predicted molar refractivity (Wildman–Crippen MR) is 78.2 cm³/mol. The molecule has 0 fully saturated rings. The minimum atomic E-state index is -0.0213. The van der Waals surface area contributed by atoms with Crippen molar-refractivity contribution >= 4 is 5.84 Å². The molecule has 0 amide bonds. The van der Waals surface area contributed by atoms with Crippen LogP contribution in [-0.2, 0) is 18.0 Å². The fourth-order valence-electron chi connectivity index (χ4n) is 1.76. The molecule has 0 saturated heterocycles. The van der Waals surface area contributed by atoms with Crippen molar-refractivity contribution in [1.82, 2.24) is 4.98 Å². The number of oxime groups is 1. The van der Waals surface area contributed by atoms with Gasteiger partial charge in [-0.15, -0.1) is 0 Å². The topological polar surface area (TPSA) is 90.0 Å². The van der Waals surface area contributed by atoms with Crippen molar-refractivity contribution in [1.29, 1.82) is 0 Å². The number of nitrogens with two attached hydrogens (primary N) is 1. The van der Waals surface area contributed by atoms with E-state index in [2.05, 4.69) is 10.1 Å². The average Bonchev–Trinajstić information content (AvgIpc) is 2.55. The third-order valence-electron chi connectivity index (χ3n) is 2.89. The Morgan fingerprint density at radius 3 is 2.57 bits per heavy atom. The molecule has 1 aromatic heterocycles. The molecule has 6 heteroatoms. The molecule has 0 atom stereocenters. The summed E-state index contributed by atoms with van der Waals surface area (Å²) in [6, 6.07) is 11.2. The number of aromatic nitrogens is 1. The van der Waals surface area contributed by atoms with Crippen molar-refractivity contribution in [2.75, 3.05) is 7.11 Å². The van der Waals surface area contributed by atoms with E-state index in [1.807, 2.05) is 30.3 Å². The molecule has 0 aliphatic heterocycles. The van der Waals surface area contributed by atoms with Gasteiger partial charge in [-0.1, -0.05) is 17.3 Å². The number of rotatable bonds is 6. The number of methoxy groups -OCH3 is 1. The molecule has 0 radical (unpaired) electrons. The summed E-state index contributed by atoms with van der Waals surface area (Å²) in [5.74, 6) is 0.795. The number of pyridine rings is 1. The molecule has 21 heavy (non-hydrogen) atoms. The molecule has 2 rings (SSSR count). The van der Waals surface area contributed by atoms with Crippen molar-refractivity contribution in [3.8, 4) is 5.75 Å². The van der Waals surface area contributed by atoms with Crippen LogP contribution in [0.15, 0.2) is 47.8 Å². The van der Waals surface area contributed by atoms with Gasteiger partial charge >= 0.3 is 0 Å². The zero-order valence-corrected chi connectivity index (χ0v) is 11.7. The van der Waals surface area contributed by atoms with E-state index >= 15 is 0 Å². The second kappa shape index (κ2) is 7.25. The first kappa shape index (κ1) is 14.8. The third-order valence-corrected chi connectivity index (χ3v) is 2.89. The highest BCUT2D eigenvalue weighted by atomic mass is 16.5. The van der Waals surface area contributed by atoms with Gasteiger partial charge in [0.25, 0.3) is 0 Å². The van der Waals surface area contributed by atoms with Crippen LogP contribution in [0.3, 0.4) is 0 Å². The zero-order valence-electron chi connectivity index (χ0n) is 11.7. The van der Waals surface area contributed by atoms with Crippen LogP contribution in [0.4, 0.5) is 0 Å². The summed E-state index contributed by atoms with van der Waals surface area (Å²) in [6.07, 6.45) is 1.60. The number of amidine groups is 1. The van der Waals surface area contributed by atoms with Gasteiger partial charge in [-0.3, -0.25) is 4.98 Å². The molecule has 0 saturated carbocycles. The molecule has 0 aliphatic carbocycles. The highest BCUT2D eigenvalue weighted by molar-refractivity contribution is 5.95. The molecule has 0 aliphatic rings. The van der Waals surface area contributed by atoms with Crippen molar-refractivity contribution in [2.24, 2.45) is 10.9 Å². The highest BCUT2D eigenvalue weighted by Gasteiger charge is 2.03. The predicted octanol–water partition coefficient (Wildman–Crippen LogP) is 1.90. The first-order valence-electron chi connectivity index (χ1n) is 6.36. The van der Waals surface area contributed by atoms with E-state index in [0.29, 0.717) is 18.9 Å². The largest absolute Gasteiger partial charge is 0.497 e. The summed E-state index contributed by atoms with van der Waals surface area (Å²) in [6.45, 7) is 0.908. The van der Waals surface area contributed by atoms with E-state index in [-0.39, 0.29) is 5.84 Å². The molecule has 110 valence electrons. The Morgan fingerprint density at radius 2 is 1.90 bits per heavy atom. The van der Waals surface area contributed by atoms with Crippen molar-refractivity contribution in [3.05, 3.63) is 59.4 Å². The fraction of sp³-hybridized carbons (Fsp3) is 0.200. The lowest BCUT2D eigenvalue weighted by atomic mass is 10.2. The Morgan fingerprint density at radius 1 is 1.19 bits per heavy atom. The fourth-order valence-corrected chi connectivity index (χ4v) is 1.76. The molecular weight excluding hydrogens is 270 g/mol. The third kappa shape index (κ3) is 4.19. The summed E-state index contributed by atoms with van der Waals surface area (Å²) < 4.78 is 10.7. The van der Waals surface area contributed by atoms with E-state index in [1.165, 1.54) is 0 Å². The smallest absolute Gasteiger partial charge is 0.188 e. The van der Waals surface area contributed by atoms with Crippen molar-refractivity contribution in [2.45, 2.75) is 13.2 Å². The Balaban J connectivity index is 1.91. The quantitative estimate of drug-likeness (QED) is 0.366. The molecule has 1 heterocycles. The monoisotopic (exact) mass is 287 g/mol. The first-order valence-corrected chi connectivity index (χ1v) is 6.36. The summed E-state index contributed by atoms with van der Waals surface area (Å²) in [5, 5.41) is 11.6. The first-order chi connectivity index (χ1) is 10.2. The average molecular weight is 287 g/mol. The summed E-state index contributed by atoms with van der Waals surface area (Å²) in [5.41, 5.74) is 7.87. The van der Waals surface area contributed by atoms with Gasteiger partial charge in [0.05, 0.1) is 20.3 Å². The standard InChI is InChI=1S/C15H17N3O3/c1-20-13-4-2-11(3-5-13)9-21-10-12-6-7-17-14(8-12)15(16)18-19/h2-8,19H,9-10H2,1H3,(H2,16,18). The number of benzene rings is 1. The number of ether oxygens (including phenoxy) is 2. The number of nitrogens with zero attached hydrogens (tertiary/aromatic N) is 2. The summed E-state index contributed by atoms with van der Waals surface area (Å²) in [7, 11) is 1.63. The second-order valence-electron chi connectivity index (χ2n) is 4.38. The molecule has 1 aromatic carbocycles. The van der Waals surface area contributed by atoms with Crippen LogP contribution >= 0.6 is 0 Å². The van der Waals surface area contributed by atoms with Gasteiger partial charge in [-0.05, 0) is 35.4 Å². The zero-order chi connectivity index (χ0) is 15.1. The molecule has 2 aromatic rings. The SMILES string of the molecule is COc1ccc(COCc2ccnc(C(N)=NO)c2)cc1. The minimum Gasteiger partial charge on any atom is -0.497 e. The highest BCUT2D eigenvalue weighted by Crippen LogP contribution is 2.13.